The van der Waals surface area contributed by atoms with Gasteiger partial charge in [0.25, 0.3) is 0 Å². The zero-order valence-corrected chi connectivity index (χ0v) is 56.1. The molecule has 4 aromatic carbocycles. The van der Waals surface area contributed by atoms with E-state index in [1.54, 1.807) is 96.1 Å². The third-order valence-corrected chi connectivity index (χ3v) is 17.2. The highest BCUT2D eigenvalue weighted by atomic mass is 19.1. The van der Waals surface area contributed by atoms with E-state index in [4.69, 9.17) is 42.6 Å². The molecule has 0 unspecified atom stereocenters. The molecule has 8 bridgehead atoms. The minimum atomic E-state index is -0.847. The molecule has 0 spiro atoms. The Morgan fingerprint density at radius 3 is 0.887 bits per heavy atom. The maximum atomic E-state index is 14.1. The average molecular weight is 1330 g/mol. The van der Waals surface area contributed by atoms with E-state index in [2.05, 4.69) is 59.2 Å². The summed E-state index contributed by atoms with van der Waals surface area (Å²) >= 11 is 0. The zero-order valence-electron chi connectivity index (χ0n) is 56.1. The highest BCUT2D eigenvalue weighted by molar-refractivity contribution is 5.92. The summed E-state index contributed by atoms with van der Waals surface area (Å²) in [6, 6.07) is 25.1. The van der Waals surface area contributed by atoms with Gasteiger partial charge < -0.3 is 42.6 Å². The van der Waals surface area contributed by atoms with Gasteiger partial charge >= 0.3 is 53.7 Å². The van der Waals surface area contributed by atoms with Crippen LogP contribution in [0.4, 0.5) is 4.39 Å². The number of halogens is 1. The largest absolute Gasteiger partial charge is 0.456 e. The Balaban J connectivity index is 0.000000183. The molecule has 0 radical (unpaired) electrons. The maximum Gasteiger partial charge on any atom is 0.338 e. The first kappa shape index (κ1) is 74.1. The lowest BCUT2D eigenvalue weighted by molar-refractivity contribution is -0.269. The van der Waals surface area contributed by atoms with Gasteiger partial charge in [-0.1, -0.05) is 102 Å². The second-order valence-corrected chi connectivity index (χ2v) is 26.5. The fraction of sp³-hybridized carbons (Fsp3) is 0.346. The number of hydrogen-bond donors (Lipinski definition) is 0. The predicted molar refractivity (Wildman–Crippen MR) is 360 cm³/mol. The summed E-state index contributed by atoms with van der Waals surface area (Å²) in [6.45, 7) is 43.0. The monoisotopic (exact) mass is 1330 g/mol. The van der Waals surface area contributed by atoms with Crippen LogP contribution >= 0.6 is 0 Å². The molecule has 4 aromatic rings. The molecule has 0 N–H and O–H groups in total. The molecule has 0 aliphatic heterocycles. The molecule has 8 saturated carbocycles. The van der Waals surface area contributed by atoms with Crippen LogP contribution in [-0.4, -0.2) is 81.7 Å². The number of carbonyl (C=O) groups is 9. The second-order valence-electron chi connectivity index (χ2n) is 26.5. The van der Waals surface area contributed by atoms with Crippen molar-refractivity contribution < 1.29 is 90.2 Å². The summed E-state index contributed by atoms with van der Waals surface area (Å²) in [4.78, 5) is 106. The van der Waals surface area contributed by atoms with Crippen LogP contribution in [0.2, 0.25) is 0 Å². The van der Waals surface area contributed by atoms with E-state index in [1.807, 2.05) is 24.3 Å². The second kappa shape index (κ2) is 30.6. The van der Waals surface area contributed by atoms with Gasteiger partial charge in [-0.3, -0.25) is 0 Å². The van der Waals surface area contributed by atoms with Gasteiger partial charge in [0.15, 0.2) is 11.6 Å². The van der Waals surface area contributed by atoms with Crippen LogP contribution in [0, 0.1) is 23.6 Å². The number of carbonyl (C=O) groups excluding carboxylic acids is 9. The van der Waals surface area contributed by atoms with Gasteiger partial charge in [0, 0.05) is 76.8 Å². The first-order valence-electron chi connectivity index (χ1n) is 31.5. The molecule has 0 saturated heterocycles. The van der Waals surface area contributed by atoms with E-state index in [1.165, 1.54) is 31.2 Å². The first-order chi connectivity index (χ1) is 45.5. The van der Waals surface area contributed by atoms with E-state index >= 15 is 0 Å². The van der Waals surface area contributed by atoms with Crippen molar-refractivity contribution in [2.45, 2.75) is 154 Å². The SMILES string of the molecule is C=C(C)C(=O)OC12CC3CC(OC(=O)C(=C)C)(C1)CC(OC(=O)C(=C)C)(C3)C2.C=C(C)C(=O)Oc1ccc(-c2ccc(OC(=O)C(=C)C)c(F)c2)cc1.C=C(C)C(=O)Oc1ccc(-c2ccc(OC(=O)C(=C)C)cc2)cc1.C=CC(=O)OC12CC3CC(C1)CC(OC(=O)C=C)(C3)C2. The van der Waals surface area contributed by atoms with Crippen molar-refractivity contribution in [3.63, 3.8) is 0 Å². The molecule has 8 aliphatic rings. The summed E-state index contributed by atoms with van der Waals surface area (Å²) in [5.74, 6) is -2.78. The number of esters is 9. The number of hydrogen-bond acceptors (Lipinski definition) is 18. The Hall–Kier alpha value is -10.3. The van der Waals surface area contributed by atoms with Crippen LogP contribution in [0.25, 0.3) is 22.3 Å². The molecule has 8 fully saturated rings. The quantitative estimate of drug-likeness (QED) is 0.0346. The molecule has 12 rings (SSSR count). The van der Waals surface area contributed by atoms with Crippen LogP contribution in [0.15, 0.2) is 201 Å². The van der Waals surface area contributed by atoms with E-state index in [0.717, 1.165) is 43.2 Å². The molecular weight excluding hydrogens is 1240 g/mol. The van der Waals surface area contributed by atoms with Gasteiger partial charge in [-0.25, -0.2) is 47.5 Å². The minimum Gasteiger partial charge on any atom is -0.456 e. The van der Waals surface area contributed by atoms with Crippen LogP contribution in [0.3, 0.4) is 0 Å². The number of rotatable bonds is 20. The molecule has 0 atom stereocenters. The summed E-state index contributed by atoms with van der Waals surface area (Å²) in [6.07, 6.45) is 10.9. The Bertz CT molecular complexity index is 3670. The highest BCUT2D eigenvalue weighted by Gasteiger charge is 2.69. The third kappa shape index (κ3) is 19.2. The van der Waals surface area contributed by atoms with Gasteiger partial charge in [-0.05, 0) is 188 Å². The van der Waals surface area contributed by atoms with Crippen molar-refractivity contribution in [3.05, 3.63) is 207 Å². The van der Waals surface area contributed by atoms with Crippen LogP contribution in [0.5, 0.6) is 23.0 Å². The zero-order chi connectivity index (χ0) is 71.5. The lowest BCUT2D eigenvalue weighted by atomic mass is 9.50. The van der Waals surface area contributed by atoms with Crippen molar-refractivity contribution in [2.75, 3.05) is 0 Å². The summed E-state index contributed by atoms with van der Waals surface area (Å²) < 4.78 is 63.4. The van der Waals surface area contributed by atoms with E-state index in [-0.39, 0.29) is 29.2 Å². The molecular formula is C78H83FO18. The lowest BCUT2D eigenvalue weighted by Gasteiger charge is -2.63. The normalized spacial score (nSPS) is 23.6. The molecule has 0 amide bonds. The topological polar surface area (TPSA) is 237 Å². The van der Waals surface area contributed by atoms with E-state index in [9.17, 15) is 47.5 Å². The molecule has 19 heteroatoms. The van der Waals surface area contributed by atoms with Crippen molar-refractivity contribution in [1.82, 2.24) is 0 Å². The van der Waals surface area contributed by atoms with Gasteiger partial charge in [0.05, 0.1) is 0 Å². The summed E-state index contributed by atoms with van der Waals surface area (Å²) in [7, 11) is 0. The van der Waals surface area contributed by atoms with Crippen LogP contribution in [0.1, 0.15) is 126 Å². The van der Waals surface area contributed by atoms with Crippen LogP contribution in [-0.2, 0) is 66.8 Å². The van der Waals surface area contributed by atoms with Gasteiger partial charge in [-0.2, -0.15) is 0 Å². The van der Waals surface area contributed by atoms with Gasteiger partial charge in [-0.15, -0.1) is 0 Å². The fourth-order valence-electron chi connectivity index (χ4n) is 13.9. The third-order valence-electron chi connectivity index (χ3n) is 17.2. The van der Waals surface area contributed by atoms with Crippen LogP contribution < -0.4 is 18.9 Å². The van der Waals surface area contributed by atoms with E-state index in [0.29, 0.717) is 119 Å². The lowest BCUT2D eigenvalue weighted by Crippen LogP contribution is -2.69. The molecule has 8 aliphatic carbocycles. The Kier molecular flexibility index (Phi) is 23.4. The Morgan fingerprint density at radius 2 is 0.608 bits per heavy atom. The Labute approximate surface area is 565 Å². The molecule has 510 valence electrons. The van der Waals surface area contributed by atoms with Gasteiger partial charge in [0.2, 0.25) is 0 Å². The molecule has 18 nitrogen and oxygen atoms in total. The van der Waals surface area contributed by atoms with Crippen molar-refractivity contribution in [2.24, 2.45) is 17.8 Å². The smallest absolute Gasteiger partial charge is 0.338 e. The van der Waals surface area contributed by atoms with Crippen molar-refractivity contribution in [3.8, 4) is 45.3 Å². The molecule has 97 heavy (non-hydrogen) atoms. The molecule has 0 aromatic heterocycles. The maximum absolute atomic E-state index is 14.1. The first-order valence-corrected chi connectivity index (χ1v) is 31.5. The molecule has 0 heterocycles. The number of ether oxygens (including phenoxy) is 9. The van der Waals surface area contributed by atoms with Gasteiger partial charge in [0.1, 0.15) is 45.3 Å². The Morgan fingerprint density at radius 1 is 0.351 bits per heavy atom. The summed E-state index contributed by atoms with van der Waals surface area (Å²) in [5.41, 5.74) is 1.81. The van der Waals surface area contributed by atoms with Crippen molar-refractivity contribution in [1.29, 1.82) is 0 Å². The summed E-state index contributed by atoms with van der Waals surface area (Å²) in [5, 5.41) is 0. The van der Waals surface area contributed by atoms with E-state index < -0.39 is 75.6 Å². The predicted octanol–water partition coefficient (Wildman–Crippen LogP) is 14.9. The minimum absolute atomic E-state index is 0.116. The highest BCUT2D eigenvalue weighted by Crippen LogP contribution is 2.64. The van der Waals surface area contributed by atoms with Crippen molar-refractivity contribution >= 4 is 53.7 Å². The number of benzene rings is 4. The average Bonchev–Trinajstić information content (AvgIpc) is 0.711. The fourth-order valence-corrected chi connectivity index (χ4v) is 13.9. The standard InChI is InChI=1S/C22H28O6.C20H17FO4.C20H18O4.C16H20O4/c1-13(2)17(23)26-20-7-16-8-21(10-20,27-18(24)14(3)4)12-22(9-16,11-20)28-19(25)15(5)6;1-12(2)19(22)24-16-8-5-14(6-9-16)15-7-10-18(17(21)11-15)25-20(23)13(3)4;1-13(2)19(21)23-17-9-5-15(6-10-17)16-7-11-18(12-8-16)24-20(22)14(3)4;1-3-13(17)19-15-6-11-5-12(7-15)9-16(8-11,10-15)20-14(18)4-2/h16H,1,3,5,7-12H2,2,4,6H3;5-11H,1,3H2,2,4H3;5-12H,1,3H2,2,4H3;3-4,11-12H,1-2,5-10H2.